The van der Waals surface area contributed by atoms with E-state index in [0.717, 1.165) is 43.2 Å². The Kier molecular flexibility index (Phi) is 4.42. The molecule has 0 saturated carbocycles. The van der Waals surface area contributed by atoms with Gasteiger partial charge in [0.05, 0.1) is 5.39 Å². The molecule has 0 aliphatic carbocycles. The molecular weight excluding hydrogens is 400 g/mol. The van der Waals surface area contributed by atoms with E-state index in [0.29, 0.717) is 6.54 Å². The summed E-state index contributed by atoms with van der Waals surface area (Å²) in [7, 11) is 0. The van der Waals surface area contributed by atoms with E-state index in [1.165, 1.54) is 0 Å². The van der Waals surface area contributed by atoms with Gasteiger partial charge in [-0.05, 0) is 41.5 Å². The lowest BCUT2D eigenvalue weighted by molar-refractivity contribution is 1.10. The summed E-state index contributed by atoms with van der Waals surface area (Å²) in [5, 5.41) is 5.08. The first-order chi connectivity index (χ1) is 12.2. The smallest absolute Gasteiger partial charge is 0.143 e. The molecule has 0 bridgehead atoms. The SMILES string of the molecule is Clc1ccc(CNc2ncnc3[nH]c(-c4ccc(Br)cc4)cc23)cc1. The van der Waals surface area contributed by atoms with Gasteiger partial charge in [-0.3, -0.25) is 0 Å². The number of hydrogen-bond donors (Lipinski definition) is 2. The maximum Gasteiger partial charge on any atom is 0.143 e. The van der Waals surface area contributed by atoms with Crippen LogP contribution in [0.2, 0.25) is 5.02 Å². The summed E-state index contributed by atoms with van der Waals surface area (Å²) >= 11 is 9.39. The van der Waals surface area contributed by atoms with Crippen LogP contribution < -0.4 is 5.32 Å². The molecule has 6 heteroatoms. The number of H-pyrrole nitrogens is 1. The van der Waals surface area contributed by atoms with Crippen LogP contribution in [0, 0.1) is 0 Å². The maximum absolute atomic E-state index is 5.93. The average Bonchev–Trinajstić information content (AvgIpc) is 3.06. The second kappa shape index (κ2) is 6.86. The fourth-order valence-electron chi connectivity index (χ4n) is 2.65. The molecule has 0 spiro atoms. The Morgan fingerprint density at radius 1 is 1.00 bits per heavy atom. The van der Waals surface area contributed by atoms with Gasteiger partial charge < -0.3 is 10.3 Å². The van der Waals surface area contributed by atoms with Gasteiger partial charge in [-0.25, -0.2) is 9.97 Å². The summed E-state index contributed by atoms with van der Waals surface area (Å²) in [4.78, 5) is 12.1. The summed E-state index contributed by atoms with van der Waals surface area (Å²) in [5.41, 5.74) is 4.06. The topological polar surface area (TPSA) is 53.6 Å². The van der Waals surface area contributed by atoms with E-state index in [2.05, 4.69) is 54.4 Å². The second-order valence-electron chi connectivity index (χ2n) is 5.65. The second-order valence-corrected chi connectivity index (χ2v) is 7.01. The molecule has 2 aromatic heterocycles. The van der Waals surface area contributed by atoms with E-state index in [-0.39, 0.29) is 0 Å². The van der Waals surface area contributed by atoms with Crippen molar-refractivity contribution < 1.29 is 0 Å². The van der Waals surface area contributed by atoms with E-state index in [4.69, 9.17) is 11.6 Å². The Bertz CT molecular complexity index is 1010. The average molecular weight is 414 g/mol. The van der Waals surface area contributed by atoms with E-state index >= 15 is 0 Å². The van der Waals surface area contributed by atoms with E-state index in [1.807, 2.05) is 36.4 Å². The van der Waals surface area contributed by atoms with Crippen molar-refractivity contribution in [2.45, 2.75) is 6.54 Å². The number of halogens is 2. The van der Waals surface area contributed by atoms with Gasteiger partial charge in [0.1, 0.15) is 17.8 Å². The summed E-state index contributed by atoms with van der Waals surface area (Å²) in [6, 6.07) is 18.0. The molecule has 0 unspecified atom stereocenters. The number of hydrogen-bond acceptors (Lipinski definition) is 3. The molecule has 2 heterocycles. The van der Waals surface area contributed by atoms with Crippen LogP contribution in [-0.2, 0) is 6.54 Å². The predicted molar refractivity (Wildman–Crippen MR) is 106 cm³/mol. The van der Waals surface area contributed by atoms with Crippen LogP contribution in [0.15, 0.2) is 65.4 Å². The Hall–Kier alpha value is -2.37. The molecule has 0 aliphatic heterocycles. The number of aromatic nitrogens is 3. The van der Waals surface area contributed by atoms with Gasteiger partial charge in [0.2, 0.25) is 0 Å². The number of nitrogens with zero attached hydrogens (tertiary/aromatic N) is 2. The fraction of sp³-hybridized carbons (Fsp3) is 0.0526. The minimum absolute atomic E-state index is 0.669. The molecule has 0 saturated heterocycles. The van der Waals surface area contributed by atoms with Crippen LogP contribution in [0.1, 0.15) is 5.56 Å². The van der Waals surface area contributed by atoms with Crippen LogP contribution in [0.25, 0.3) is 22.3 Å². The van der Waals surface area contributed by atoms with Crippen LogP contribution in [0.4, 0.5) is 5.82 Å². The number of fused-ring (bicyclic) bond motifs is 1. The molecule has 0 atom stereocenters. The number of benzene rings is 2. The monoisotopic (exact) mass is 412 g/mol. The van der Waals surface area contributed by atoms with Crippen LogP contribution in [-0.4, -0.2) is 15.0 Å². The van der Waals surface area contributed by atoms with Crippen molar-refractivity contribution in [3.8, 4) is 11.3 Å². The lowest BCUT2D eigenvalue weighted by Crippen LogP contribution is -2.01. The molecule has 4 nitrogen and oxygen atoms in total. The van der Waals surface area contributed by atoms with E-state index < -0.39 is 0 Å². The number of anilines is 1. The third kappa shape index (κ3) is 3.52. The third-order valence-corrected chi connectivity index (χ3v) is 4.73. The highest BCUT2D eigenvalue weighted by Gasteiger charge is 2.09. The van der Waals surface area contributed by atoms with Gasteiger partial charge in [0.15, 0.2) is 0 Å². The Balaban J connectivity index is 1.63. The van der Waals surface area contributed by atoms with Gasteiger partial charge in [-0.2, -0.15) is 0 Å². The molecule has 0 amide bonds. The van der Waals surface area contributed by atoms with Crippen molar-refractivity contribution in [2.24, 2.45) is 0 Å². The van der Waals surface area contributed by atoms with Gasteiger partial charge in [0, 0.05) is 21.7 Å². The molecule has 4 rings (SSSR count). The first kappa shape index (κ1) is 16.1. The highest BCUT2D eigenvalue weighted by atomic mass is 79.9. The van der Waals surface area contributed by atoms with Crippen molar-refractivity contribution in [1.29, 1.82) is 0 Å². The number of nitrogens with one attached hydrogen (secondary N) is 2. The predicted octanol–water partition coefficient (Wildman–Crippen LogP) is 5.65. The molecule has 0 fully saturated rings. The number of aromatic amines is 1. The highest BCUT2D eigenvalue weighted by Crippen LogP contribution is 2.27. The summed E-state index contributed by atoms with van der Waals surface area (Å²) in [6.07, 6.45) is 1.56. The van der Waals surface area contributed by atoms with Crippen molar-refractivity contribution in [3.63, 3.8) is 0 Å². The molecule has 0 radical (unpaired) electrons. The van der Waals surface area contributed by atoms with Gasteiger partial charge in [-0.15, -0.1) is 0 Å². The van der Waals surface area contributed by atoms with Crippen molar-refractivity contribution in [1.82, 2.24) is 15.0 Å². The molecule has 0 aliphatic rings. The van der Waals surface area contributed by atoms with Crippen LogP contribution in [0.3, 0.4) is 0 Å². The Morgan fingerprint density at radius 3 is 2.52 bits per heavy atom. The van der Waals surface area contributed by atoms with E-state index in [1.54, 1.807) is 6.33 Å². The zero-order valence-corrected chi connectivity index (χ0v) is 15.5. The van der Waals surface area contributed by atoms with E-state index in [9.17, 15) is 0 Å². The van der Waals surface area contributed by atoms with Crippen molar-refractivity contribution in [2.75, 3.05) is 5.32 Å². The third-order valence-electron chi connectivity index (χ3n) is 3.95. The standard InChI is InChI=1S/C19H14BrClN4/c20-14-5-3-13(4-6-14)17-9-16-18(23-11-24-19(16)25-17)22-10-12-1-7-15(21)8-2-12/h1-9,11H,10H2,(H2,22,23,24,25). The van der Waals surface area contributed by atoms with Crippen LogP contribution in [0.5, 0.6) is 0 Å². The zero-order chi connectivity index (χ0) is 17.2. The van der Waals surface area contributed by atoms with Crippen molar-refractivity contribution >= 4 is 44.4 Å². The normalized spacial score (nSPS) is 11.0. The molecular formula is C19H14BrClN4. The lowest BCUT2D eigenvalue weighted by atomic mass is 10.1. The minimum atomic E-state index is 0.669. The summed E-state index contributed by atoms with van der Waals surface area (Å²) < 4.78 is 1.05. The molecule has 124 valence electrons. The maximum atomic E-state index is 5.93. The summed E-state index contributed by atoms with van der Waals surface area (Å²) in [5.74, 6) is 0.805. The zero-order valence-electron chi connectivity index (χ0n) is 13.1. The fourth-order valence-corrected chi connectivity index (χ4v) is 3.04. The first-order valence-corrected chi connectivity index (χ1v) is 8.94. The molecule has 2 N–H and O–H groups in total. The molecule has 25 heavy (non-hydrogen) atoms. The van der Waals surface area contributed by atoms with Crippen molar-refractivity contribution in [3.05, 3.63) is 76.0 Å². The highest BCUT2D eigenvalue weighted by molar-refractivity contribution is 9.10. The quantitative estimate of drug-likeness (QED) is 0.454. The van der Waals surface area contributed by atoms with Gasteiger partial charge in [-0.1, -0.05) is 51.8 Å². The Labute approximate surface area is 158 Å². The van der Waals surface area contributed by atoms with Crippen LogP contribution >= 0.6 is 27.5 Å². The summed E-state index contributed by atoms with van der Waals surface area (Å²) in [6.45, 7) is 0.669. The van der Waals surface area contributed by atoms with Gasteiger partial charge >= 0.3 is 0 Å². The molecule has 4 aromatic rings. The lowest BCUT2D eigenvalue weighted by Gasteiger charge is -2.06. The first-order valence-electron chi connectivity index (χ1n) is 7.77. The minimum Gasteiger partial charge on any atom is -0.365 e. The van der Waals surface area contributed by atoms with Gasteiger partial charge in [0.25, 0.3) is 0 Å². The Morgan fingerprint density at radius 2 is 1.76 bits per heavy atom. The number of rotatable bonds is 4. The molecule has 2 aromatic carbocycles. The largest absolute Gasteiger partial charge is 0.365 e.